The summed E-state index contributed by atoms with van der Waals surface area (Å²) in [6.07, 6.45) is 7.77. The van der Waals surface area contributed by atoms with Gasteiger partial charge < -0.3 is 127 Å². The zero-order chi connectivity index (χ0) is 75.7. The molecule has 0 aliphatic rings. The van der Waals surface area contributed by atoms with Crippen molar-refractivity contribution < 1.29 is 106 Å². The Bertz CT molecular complexity index is 1530. The average Bonchev–Trinajstić information content (AvgIpc) is 1.02. The quantitative estimate of drug-likeness (QED) is 0.0424. The summed E-state index contributed by atoms with van der Waals surface area (Å²) in [4.78, 5) is 4.63. The van der Waals surface area contributed by atoms with Gasteiger partial charge in [0.1, 0.15) is 0 Å². The minimum atomic E-state index is -2.54. The molecule has 0 atom stereocenters. The lowest BCUT2D eigenvalue weighted by molar-refractivity contribution is 0.0687. The third kappa shape index (κ3) is 48.6. The highest BCUT2D eigenvalue weighted by Crippen LogP contribution is 2.24. The van der Waals surface area contributed by atoms with Gasteiger partial charge in [-0.1, -0.05) is 0 Å². The summed E-state index contributed by atoms with van der Waals surface area (Å²) in [5, 5.41) is 6.88. The van der Waals surface area contributed by atoms with Crippen LogP contribution in [-0.4, -0.2) is 311 Å². The number of nitrogens with one attached hydrogen (secondary N) is 2. The van der Waals surface area contributed by atoms with Gasteiger partial charge in [-0.15, -0.1) is 0 Å². The van der Waals surface area contributed by atoms with Gasteiger partial charge >= 0.3 is 70.4 Å². The third-order valence-electron chi connectivity index (χ3n) is 15.6. The molecule has 0 radical (unpaired) electrons. The van der Waals surface area contributed by atoms with Crippen molar-refractivity contribution in [2.45, 2.75) is 190 Å². The molecule has 0 aromatic rings. The second kappa shape index (κ2) is 67.9. The van der Waals surface area contributed by atoms with Crippen LogP contribution >= 0.6 is 0 Å². The van der Waals surface area contributed by atoms with Crippen molar-refractivity contribution in [3.8, 4) is 0 Å². The Morgan fingerprint density at radius 3 is 0.485 bits per heavy atom. The minimum Gasteiger partial charge on any atom is -0.377 e. The molecule has 0 aliphatic heterocycles. The van der Waals surface area contributed by atoms with Crippen LogP contribution in [0.2, 0.25) is 48.4 Å². The van der Waals surface area contributed by atoms with Crippen LogP contribution in [0.15, 0.2) is 0 Å². The molecule has 0 saturated carbocycles. The molecule has 0 saturated heterocycles. The Kier molecular flexibility index (Phi) is 72.7. The number of hydrogen-bond acceptors (Lipinski definition) is 28. The fourth-order valence-electron chi connectivity index (χ4n) is 10.8. The summed E-state index contributed by atoms with van der Waals surface area (Å²) >= 11 is 0. The van der Waals surface area contributed by atoms with Crippen molar-refractivity contribution in [3.05, 3.63) is 0 Å². The van der Waals surface area contributed by atoms with Crippen molar-refractivity contribution in [1.29, 1.82) is 0 Å². The van der Waals surface area contributed by atoms with Crippen molar-refractivity contribution in [2.24, 2.45) is 0 Å². The molecule has 99 heavy (non-hydrogen) atoms. The first kappa shape index (κ1) is 106. The lowest BCUT2D eigenvalue weighted by Crippen LogP contribution is -2.47. The minimum absolute atomic E-state index is 0.613. The molecule has 0 amide bonds. The molecular weight excluding hydrogens is 1420 g/mol. The van der Waals surface area contributed by atoms with Crippen LogP contribution in [-0.2, 0) is 106 Å². The van der Waals surface area contributed by atoms with Gasteiger partial charge in [-0.3, -0.25) is 0 Å². The van der Waals surface area contributed by atoms with Gasteiger partial charge in [0.25, 0.3) is 0 Å². The molecule has 0 aromatic heterocycles. The topological polar surface area (TPSA) is 252 Å². The van der Waals surface area contributed by atoms with Crippen LogP contribution in [0, 0.1) is 0 Å². The summed E-state index contributed by atoms with van der Waals surface area (Å²) in [7, 11) is 2.48. The first-order chi connectivity index (χ1) is 47.6. The van der Waals surface area contributed by atoms with E-state index in [1.54, 1.807) is 78.2 Å². The van der Waals surface area contributed by atoms with Crippen LogP contribution in [0.5, 0.6) is 0 Å². The fraction of sp³-hybridized carbons (Fsp3) is 1.00. The Morgan fingerprint density at radius 2 is 0.323 bits per heavy atom. The molecule has 28 nitrogen and oxygen atoms in total. The molecule has 0 unspecified atom stereocenters. The van der Waals surface area contributed by atoms with E-state index in [-0.39, 0.29) is 0 Å². The first-order valence-corrected chi connectivity index (χ1v) is 52.2. The van der Waals surface area contributed by atoms with E-state index in [0.717, 1.165) is 152 Å². The summed E-state index contributed by atoms with van der Waals surface area (Å²) in [6, 6.07) is 6.62. The molecular formula is C63H154N4O24Si8. The van der Waals surface area contributed by atoms with Crippen LogP contribution < -0.4 is 10.6 Å². The normalized spacial score (nSPS) is 12.8. The number of rotatable bonds is 69. The van der Waals surface area contributed by atoms with Gasteiger partial charge in [0.2, 0.25) is 0 Å². The molecule has 0 rings (SSSR count). The molecule has 36 heteroatoms. The van der Waals surface area contributed by atoms with Crippen LogP contribution in [0.1, 0.15) is 141 Å². The van der Waals surface area contributed by atoms with E-state index >= 15 is 0 Å². The van der Waals surface area contributed by atoms with Gasteiger partial charge in [0.15, 0.2) is 0 Å². The molecule has 0 fully saturated rings. The Hall–Kier alpha value is 0.615. The van der Waals surface area contributed by atoms with E-state index in [1.165, 1.54) is 0 Å². The lowest BCUT2D eigenvalue weighted by atomic mass is 10.4. The molecule has 0 spiro atoms. The largest absolute Gasteiger partial charge is 0.500 e. The molecule has 602 valence electrons. The van der Waals surface area contributed by atoms with E-state index in [9.17, 15) is 0 Å². The zero-order valence-corrected chi connectivity index (χ0v) is 75.9. The monoisotopic (exact) mass is 1570 g/mol. The van der Waals surface area contributed by atoms with Crippen LogP contribution in [0.4, 0.5) is 0 Å². The molecule has 2 N–H and O–H groups in total. The average molecular weight is 1580 g/mol. The van der Waals surface area contributed by atoms with Gasteiger partial charge in [-0.25, -0.2) is 0 Å². The van der Waals surface area contributed by atoms with E-state index < -0.39 is 70.4 Å². The second-order valence-electron chi connectivity index (χ2n) is 22.3. The summed E-state index contributed by atoms with van der Waals surface area (Å²) in [6.45, 7) is 41.5. The number of hydrogen-bond donors (Lipinski definition) is 2. The van der Waals surface area contributed by atoms with E-state index in [1.807, 2.05) is 90.0 Å². The van der Waals surface area contributed by atoms with Crippen molar-refractivity contribution in [1.82, 2.24) is 20.4 Å². The van der Waals surface area contributed by atoms with Crippen molar-refractivity contribution in [2.75, 3.05) is 231 Å². The highest BCUT2D eigenvalue weighted by Gasteiger charge is 2.44. The standard InChI is InChI=1S/C19H45NO6Si2.C18H43NO6Si2.C14H35NO6Si2.C12H31NO6Si2/c1-8-21-27(22-9-2,23-10-3)18-14-16-20(7)17-15-19-28(24-11-4,25-12-5)26-13-6;1-7-20-26(21-8-2,22-9-3)17-13-15-19-16-14-18-27(23-10-4,24-11-5)25-12-6;1-8-21-23(19-6,20-7)14-10-12-15(2)11-9-13-22(16-3,17-4)18-5;1-14-20(15-2,16-3)11-7-9-13-10-8-12-21(17-4,18-5)19-6/h8-19H2,1-7H3;19H,7-18H2,1-6H3;8-14H2,1-7H3;13H,7-12H2,1-6H3. The van der Waals surface area contributed by atoms with Gasteiger partial charge in [-0.05, 0) is 208 Å². The predicted molar refractivity (Wildman–Crippen MR) is 410 cm³/mol. The highest BCUT2D eigenvalue weighted by atomic mass is 28.4. The first-order valence-electron chi connectivity index (χ1n) is 36.7. The molecule has 0 bridgehead atoms. The van der Waals surface area contributed by atoms with E-state index in [2.05, 4.69) is 34.5 Å². The summed E-state index contributed by atoms with van der Waals surface area (Å²) in [5.74, 6) is 0. The SMILES string of the molecule is CCO[Si](CCCN(C)CCC[Si](OC)(OC)OC)(OC)OC.CCO[Si](CCCN(C)CCC[Si](OCC)(OCC)OCC)(OCC)OCC.CCO[Si](CCCNCCC[Si](OCC)(OCC)OCC)(OCC)OCC.CO[Si](CCCNCCC[Si](OC)(OC)OC)(OC)OC. The maximum absolute atomic E-state index is 5.93. The van der Waals surface area contributed by atoms with E-state index in [0.29, 0.717) is 85.9 Å². The highest BCUT2D eigenvalue weighted by molar-refractivity contribution is 6.63. The van der Waals surface area contributed by atoms with Crippen LogP contribution in [0.3, 0.4) is 0 Å². The van der Waals surface area contributed by atoms with Crippen molar-refractivity contribution >= 4 is 70.4 Å². The smallest absolute Gasteiger partial charge is 0.377 e. The number of nitrogens with zero attached hydrogens (tertiary/aromatic N) is 2. The van der Waals surface area contributed by atoms with E-state index in [4.69, 9.17) is 106 Å². The Balaban J connectivity index is -0.000000611. The third-order valence-corrected chi connectivity index (χ3v) is 39.6. The fourth-order valence-corrected chi connectivity index (χ4v) is 28.4. The van der Waals surface area contributed by atoms with Gasteiger partial charge in [0.05, 0.1) is 0 Å². The van der Waals surface area contributed by atoms with Crippen molar-refractivity contribution in [3.63, 3.8) is 0 Å². The second-order valence-corrected chi connectivity index (χ2v) is 45.4. The summed E-state index contributed by atoms with van der Waals surface area (Å²) < 4.78 is 136. The molecule has 0 aromatic carbocycles. The summed E-state index contributed by atoms with van der Waals surface area (Å²) in [5.41, 5.74) is 0. The Morgan fingerprint density at radius 1 is 0.192 bits per heavy atom. The predicted octanol–water partition coefficient (Wildman–Crippen LogP) is 10.2. The van der Waals surface area contributed by atoms with Gasteiger partial charge in [0, 0.05) is 212 Å². The zero-order valence-electron chi connectivity index (χ0n) is 67.9. The van der Waals surface area contributed by atoms with Gasteiger partial charge in [-0.2, -0.15) is 0 Å². The van der Waals surface area contributed by atoms with Crippen LogP contribution in [0.25, 0.3) is 0 Å². The maximum atomic E-state index is 5.93. The lowest BCUT2D eigenvalue weighted by Gasteiger charge is -2.30. The molecule has 0 heterocycles. The molecule has 0 aliphatic carbocycles. The Labute approximate surface area is 614 Å². The maximum Gasteiger partial charge on any atom is 0.500 e.